The maximum absolute atomic E-state index is 5.10. The molecule has 2 heteroatoms. The van der Waals surface area contributed by atoms with Crippen molar-refractivity contribution in [1.82, 2.24) is 9.78 Å². The first-order chi connectivity index (χ1) is 13.9. The molecule has 3 aromatic carbocycles. The summed E-state index contributed by atoms with van der Waals surface area (Å²) in [5.74, 6) is 0. The molecule has 0 spiro atoms. The van der Waals surface area contributed by atoms with E-state index in [-0.39, 0.29) is 0 Å². The minimum Gasteiger partial charge on any atom is -0.233 e. The van der Waals surface area contributed by atoms with E-state index in [1.54, 1.807) is 0 Å². The average Bonchev–Trinajstić information content (AvgIpc) is 3.17. The van der Waals surface area contributed by atoms with E-state index >= 15 is 0 Å². The van der Waals surface area contributed by atoms with E-state index in [1.165, 1.54) is 28.0 Å². The first-order valence-corrected chi connectivity index (χ1v) is 9.89. The van der Waals surface area contributed by atoms with Crippen molar-refractivity contribution in [3.05, 3.63) is 108 Å². The van der Waals surface area contributed by atoms with Crippen LogP contribution in [0.2, 0.25) is 0 Å². The molecule has 0 unspecified atom stereocenters. The Hall–Kier alpha value is -3.39. The fourth-order valence-electron chi connectivity index (χ4n) is 4.07. The SMILES string of the molecule is C(=C1/CCCc2c(-c3ccccc3)nn(-c3ccccc3)c21)/c1ccccc1. The van der Waals surface area contributed by atoms with Gasteiger partial charge in [-0.2, -0.15) is 5.10 Å². The monoisotopic (exact) mass is 362 g/mol. The van der Waals surface area contributed by atoms with Crippen molar-refractivity contribution in [3.8, 4) is 16.9 Å². The lowest BCUT2D eigenvalue weighted by Gasteiger charge is -2.18. The Bertz CT molecular complexity index is 1110. The Morgan fingerprint density at radius 1 is 0.714 bits per heavy atom. The maximum Gasteiger partial charge on any atom is 0.0966 e. The van der Waals surface area contributed by atoms with Gasteiger partial charge >= 0.3 is 0 Å². The van der Waals surface area contributed by atoms with E-state index in [0.717, 1.165) is 30.6 Å². The molecular formula is C26H22N2. The van der Waals surface area contributed by atoms with Crippen LogP contribution in [0.25, 0.3) is 28.6 Å². The van der Waals surface area contributed by atoms with Crippen LogP contribution in [-0.4, -0.2) is 9.78 Å². The number of hydrogen-bond donors (Lipinski definition) is 0. The number of benzene rings is 3. The molecule has 0 radical (unpaired) electrons. The Kier molecular flexibility index (Phi) is 4.38. The van der Waals surface area contributed by atoms with E-state index in [2.05, 4.69) is 102 Å². The number of nitrogens with zero attached hydrogens (tertiary/aromatic N) is 2. The lowest BCUT2D eigenvalue weighted by Crippen LogP contribution is -2.07. The number of para-hydroxylation sites is 1. The van der Waals surface area contributed by atoms with Crippen molar-refractivity contribution in [2.24, 2.45) is 0 Å². The highest BCUT2D eigenvalue weighted by Crippen LogP contribution is 2.39. The van der Waals surface area contributed by atoms with Crippen molar-refractivity contribution in [1.29, 1.82) is 0 Å². The van der Waals surface area contributed by atoms with Crippen molar-refractivity contribution in [3.63, 3.8) is 0 Å². The van der Waals surface area contributed by atoms with E-state index in [9.17, 15) is 0 Å². The molecule has 28 heavy (non-hydrogen) atoms. The lowest BCUT2D eigenvalue weighted by molar-refractivity contribution is 0.796. The number of fused-ring (bicyclic) bond motifs is 1. The summed E-state index contributed by atoms with van der Waals surface area (Å²) in [7, 11) is 0. The molecule has 0 saturated carbocycles. The predicted molar refractivity (Wildman–Crippen MR) is 116 cm³/mol. The van der Waals surface area contributed by atoms with Crippen molar-refractivity contribution >= 4 is 11.6 Å². The third-order valence-electron chi connectivity index (χ3n) is 5.35. The van der Waals surface area contributed by atoms with Crippen LogP contribution in [-0.2, 0) is 6.42 Å². The summed E-state index contributed by atoms with van der Waals surface area (Å²) in [4.78, 5) is 0. The minimum atomic E-state index is 1.07. The molecule has 2 nitrogen and oxygen atoms in total. The summed E-state index contributed by atoms with van der Waals surface area (Å²) in [5, 5.41) is 5.10. The van der Waals surface area contributed by atoms with Gasteiger partial charge in [0.25, 0.3) is 0 Å². The second kappa shape index (κ2) is 7.32. The molecule has 5 rings (SSSR count). The largest absolute Gasteiger partial charge is 0.233 e. The van der Waals surface area contributed by atoms with Gasteiger partial charge in [-0.3, -0.25) is 0 Å². The molecule has 0 aliphatic heterocycles. The van der Waals surface area contributed by atoms with Crippen molar-refractivity contribution in [2.45, 2.75) is 19.3 Å². The lowest BCUT2D eigenvalue weighted by atomic mass is 9.88. The normalized spacial score (nSPS) is 14.8. The first kappa shape index (κ1) is 16.8. The molecule has 0 amide bonds. The Labute approximate surface area is 165 Å². The minimum absolute atomic E-state index is 1.07. The highest BCUT2D eigenvalue weighted by atomic mass is 15.3. The van der Waals surface area contributed by atoms with Gasteiger partial charge in [-0.05, 0) is 48.6 Å². The highest BCUT2D eigenvalue weighted by Gasteiger charge is 2.25. The summed E-state index contributed by atoms with van der Waals surface area (Å²) >= 11 is 0. The number of hydrogen-bond acceptors (Lipinski definition) is 1. The quantitative estimate of drug-likeness (QED) is 0.411. The Morgan fingerprint density at radius 2 is 1.36 bits per heavy atom. The summed E-state index contributed by atoms with van der Waals surface area (Å²) in [5.41, 5.74) is 8.65. The van der Waals surface area contributed by atoms with Gasteiger partial charge < -0.3 is 0 Å². The maximum atomic E-state index is 5.10. The zero-order valence-electron chi connectivity index (χ0n) is 15.8. The van der Waals surface area contributed by atoms with Crippen LogP contribution < -0.4 is 0 Å². The summed E-state index contributed by atoms with van der Waals surface area (Å²) in [6, 6.07) is 31.6. The zero-order valence-corrected chi connectivity index (χ0v) is 15.8. The van der Waals surface area contributed by atoms with Gasteiger partial charge in [0.05, 0.1) is 17.1 Å². The summed E-state index contributed by atoms with van der Waals surface area (Å²) in [6.45, 7) is 0. The smallest absolute Gasteiger partial charge is 0.0966 e. The van der Waals surface area contributed by atoms with Gasteiger partial charge in [-0.25, -0.2) is 4.68 Å². The van der Waals surface area contributed by atoms with E-state index in [1.807, 2.05) is 0 Å². The number of aromatic nitrogens is 2. The van der Waals surface area contributed by atoms with E-state index < -0.39 is 0 Å². The van der Waals surface area contributed by atoms with E-state index in [0.29, 0.717) is 0 Å². The molecule has 1 aliphatic rings. The van der Waals surface area contributed by atoms with Crippen molar-refractivity contribution < 1.29 is 0 Å². The summed E-state index contributed by atoms with van der Waals surface area (Å²) in [6.07, 6.45) is 5.63. The Balaban J connectivity index is 1.74. The van der Waals surface area contributed by atoms with Gasteiger partial charge in [0, 0.05) is 11.1 Å². The Morgan fingerprint density at radius 3 is 2.07 bits per heavy atom. The number of rotatable bonds is 3. The molecule has 1 aliphatic carbocycles. The van der Waals surface area contributed by atoms with E-state index in [4.69, 9.17) is 5.10 Å². The third-order valence-corrected chi connectivity index (χ3v) is 5.35. The number of allylic oxidation sites excluding steroid dienone is 1. The standard InChI is InChI=1S/C26H22N2/c1-4-11-20(12-5-1)19-22-15-10-18-24-25(21-13-6-2-7-14-21)27-28(26(22)24)23-16-8-3-9-17-23/h1-9,11-14,16-17,19H,10,15,18H2/b22-19+. The molecular weight excluding hydrogens is 340 g/mol. The molecule has 1 heterocycles. The molecule has 0 N–H and O–H groups in total. The van der Waals surface area contributed by atoms with Gasteiger partial charge in [0.1, 0.15) is 0 Å². The molecule has 0 bridgehead atoms. The molecule has 1 aromatic heterocycles. The van der Waals surface area contributed by atoms with Gasteiger partial charge in [0.2, 0.25) is 0 Å². The van der Waals surface area contributed by atoms with Crippen molar-refractivity contribution in [2.75, 3.05) is 0 Å². The average molecular weight is 362 g/mol. The third kappa shape index (κ3) is 3.07. The fourth-order valence-corrected chi connectivity index (χ4v) is 4.07. The molecule has 136 valence electrons. The first-order valence-electron chi connectivity index (χ1n) is 9.89. The van der Waals surface area contributed by atoms with Crippen LogP contribution in [0.5, 0.6) is 0 Å². The molecule has 4 aromatic rings. The van der Waals surface area contributed by atoms with Gasteiger partial charge in [0.15, 0.2) is 0 Å². The van der Waals surface area contributed by atoms with Crippen LogP contribution in [0, 0.1) is 0 Å². The molecule has 0 atom stereocenters. The van der Waals surface area contributed by atoms with Gasteiger partial charge in [-0.15, -0.1) is 0 Å². The van der Waals surface area contributed by atoms with Crippen LogP contribution >= 0.6 is 0 Å². The van der Waals surface area contributed by atoms with Crippen LogP contribution in [0.15, 0.2) is 91.0 Å². The van der Waals surface area contributed by atoms with Crippen LogP contribution in [0.4, 0.5) is 0 Å². The van der Waals surface area contributed by atoms with Crippen LogP contribution in [0.3, 0.4) is 0 Å². The topological polar surface area (TPSA) is 17.8 Å². The summed E-state index contributed by atoms with van der Waals surface area (Å²) < 4.78 is 2.14. The highest BCUT2D eigenvalue weighted by molar-refractivity contribution is 5.85. The molecule has 0 saturated heterocycles. The van der Waals surface area contributed by atoms with Crippen LogP contribution in [0.1, 0.15) is 29.7 Å². The predicted octanol–water partition coefficient (Wildman–Crippen LogP) is 6.42. The molecule has 0 fully saturated rings. The zero-order chi connectivity index (χ0) is 18.8. The fraction of sp³-hybridized carbons (Fsp3) is 0.115. The second-order valence-corrected chi connectivity index (χ2v) is 7.22. The second-order valence-electron chi connectivity index (χ2n) is 7.22. The van der Waals surface area contributed by atoms with Gasteiger partial charge in [-0.1, -0.05) is 78.9 Å².